The third-order valence-corrected chi connectivity index (χ3v) is 3.33. The molecule has 12 heavy (non-hydrogen) atoms. The molecule has 0 heterocycles. The van der Waals surface area contributed by atoms with Crippen LogP contribution in [0.3, 0.4) is 0 Å². The van der Waals surface area contributed by atoms with Gasteiger partial charge in [0.1, 0.15) is 0 Å². The normalized spacial score (nSPS) is 49.2. The van der Waals surface area contributed by atoms with Crippen LogP contribution in [-0.4, -0.2) is 21.4 Å². The Kier molecular flexibility index (Phi) is 2.50. The van der Waals surface area contributed by atoms with Crippen LogP contribution in [0.25, 0.3) is 0 Å². The number of rotatable bonds is 1. The lowest BCUT2D eigenvalue weighted by atomic mass is 9.69. The van der Waals surface area contributed by atoms with Gasteiger partial charge in [-0.15, -0.1) is 0 Å². The largest absolute Gasteiger partial charge is 0.390 e. The molecule has 2 N–H and O–H groups in total. The molecule has 1 rings (SSSR count). The van der Waals surface area contributed by atoms with Gasteiger partial charge in [0.05, 0.1) is 11.2 Å². The molecule has 0 amide bonds. The summed E-state index contributed by atoms with van der Waals surface area (Å²) >= 11 is 0. The second-order valence-corrected chi connectivity index (χ2v) is 4.57. The lowest BCUT2D eigenvalue weighted by molar-refractivity contribution is -0.122. The molecule has 0 aromatic rings. The minimum absolute atomic E-state index is 0.322. The van der Waals surface area contributed by atoms with Crippen molar-refractivity contribution >= 4 is 0 Å². The Hall–Kier alpha value is -0.0800. The van der Waals surface area contributed by atoms with E-state index in [1.807, 2.05) is 13.8 Å². The SMILES string of the molecule is CC[C@@]1(O)C[C@](C)(O)CC[C@H]1C. The lowest BCUT2D eigenvalue weighted by Gasteiger charge is -2.44. The van der Waals surface area contributed by atoms with Crippen LogP contribution in [0.2, 0.25) is 0 Å². The summed E-state index contributed by atoms with van der Waals surface area (Å²) in [5, 5.41) is 19.9. The molecule has 0 spiro atoms. The van der Waals surface area contributed by atoms with Gasteiger partial charge in [-0.05, 0) is 32.1 Å². The molecule has 0 unspecified atom stereocenters. The van der Waals surface area contributed by atoms with Crippen molar-refractivity contribution < 1.29 is 10.2 Å². The maximum atomic E-state index is 10.1. The van der Waals surface area contributed by atoms with E-state index in [0.717, 1.165) is 19.3 Å². The minimum Gasteiger partial charge on any atom is -0.390 e. The predicted molar refractivity (Wildman–Crippen MR) is 48.9 cm³/mol. The van der Waals surface area contributed by atoms with Gasteiger partial charge in [-0.3, -0.25) is 0 Å². The first kappa shape index (κ1) is 10.0. The van der Waals surface area contributed by atoms with Crippen LogP contribution in [0, 0.1) is 5.92 Å². The average molecular weight is 172 g/mol. The fraction of sp³-hybridized carbons (Fsp3) is 1.00. The third-order valence-electron chi connectivity index (χ3n) is 3.33. The number of hydrogen-bond acceptors (Lipinski definition) is 2. The fourth-order valence-electron chi connectivity index (χ4n) is 2.19. The molecule has 0 aromatic carbocycles. The van der Waals surface area contributed by atoms with Crippen molar-refractivity contribution in [3.05, 3.63) is 0 Å². The molecule has 1 aliphatic carbocycles. The van der Waals surface area contributed by atoms with Crippen LogP contribution < -0.4 is 0 Å². The smallest absolute Gasteiger partial charge is 0.0697 e. The first-order valence-corrected chi connectivity index (χ1v) is 4.84. The molecule has 1 aliphatic rings. The summed E-state index contributed by atoms with van der Waals surface area (Å²) in [6, 6.07) is 0. The van der Waals surface area contributed by atoms with Crippen molar-refractivity contribution in [3.63, 3.8) is 0 Å². The molecule has 2 heteroatoms. The van der Waals surface area contributed by atoms with Gasteiger partial charge in [0, 0.05) is 6.42 Å². The Morgan fingerprint density at radius 1 is 1.42 bits per heavy atom. The Morgan fingerprint density at radius 3 is 2.42 bits per heavy atom. The van der Waals surface area contributed by atoms with E-state index in [4.69, 9.17) is 0 Å². The second-order valence-electron chi connectivity index (χ2n) is 4.57. The van der Waals surface area contributed by atoms with Gasteiger partial charge in [-0.2, -0.15) is 0 Å². The van der Waals surface area contributed by atoms with Crippen LogP contribution in [0.5, 0.6) is 0 Å². The van der Waals surface area contributed by atoms with Crippen molar-refractivity contribution in [2.45, 2.75) is 57.7 Å². The Morgan fingerprint density at radius 2 is 2.00 bits per heavy atom. The molecule has 2 nitrogen and oxygen atoms in total. The highest BCUT2D eigenvalue weighted by Gasteiger charge is 2.43. The summed E-state index contributed by atoms with van der Waals surface area (Å²) in [5.74, 6) is 0.322. The van der Waals surface area contributed by atoms with Crippen molar-refractivity contribution in [1.82, 2.24) is 0 Å². The summed E-state index contributed by atoms with van der Waals surface area (Å²) in [7, 11) is 0. The van der Waals surface area contributed by atoms with E-state index in [2.05, 4.69) is 6.92 Å². The highest BCUT2D eigenvalue weighted by molar-refractivity contribution is 4.95. The molecule has 3 atom stereocenters. The summed E-state index contributed by atoms with van der Waals surface area (Å²) in [5.41, 5.74) is -1.29. The molecule has 0 bridgehead atoms. The zero-order valence-corrected chi connectivity index (χ0v) is 8.30. The van der Waals surface area contributed by atoms with Gasteiger partial charge in [-0.1, -0.05) is 13.8 Å². The molecule has 0 radical (unpaired) electrons. The molecule has 1 fully saturated rings. The molecular weight excluding hydrogens is 152 g/mol. The van der Waals surface area contributed by atoms with E-state index >= 15 is 0 Å². The minimum atomic E-state index is -0.655. The van der Waals surface area contributed by atoms with Gasteiger partial charge >= 0.3 is 0 Å². The van der Waals surface area contributed by atoms with Crippen molar-refractivity contribution in [3.8, 4) is 0 Å². The van der Waals surface area contributed by atoms with Crippen LogP contribution in [0.1, 0.15) is 46.5 Å². The Balaban J connectivity index is 2.72. The van der Waals surface area contributed by atoms with Gasteiger partial charge in [0.15, 0.2) is 0 Å². The zero-order chi connectivity index (χ0) is 9.41. The van der Waals surface area contributed by atoms with Crippen LogP contribution >= 0.6 is 0 Å². The number of aliphatic hydroxyl groups is 2. The maximum absolute atomic E-state index is 10.1. The van der Waals surface area contributed by atoms with Gasteiger partial charge in [0.2, 0.25) is 0 Å². The quantitative estimate of drug-likeness (QED) is 0.632. The van der Waals surface area contributed by atoms with E-state index in [1.54, 1.807) is 0 Å². The summed E-state index contributed by atoms with van der Waals surface area (Å²) in [6.07, 6.45) is 3.01. The topological polar surface area (TPSA) is 40.5 Å². The standard InChI is InChI=1S/C10H20O2/c1-4-10(12)7-9(3,11)6-5-8(10)2/h8,11-12H,4-7H2,1-3H3/t8-,9-,10-/m1/s1. The number of hydrogen-bond donors (Lipinski definition) is 2. The molecule has 1 saturated carbocycles. The predicted octanol–water partition coefficient (Wildman–Crippen LogP) is 1.70. The molecule has 0 aliphatic heterocycles. The third kappa shape index (κ3) is 1.80. The van der Waals surface area contributed by atoms with Crippen molar-refractivity contribution in [1.29, 1.82) is 0 Å². The van der Waals surface area contributed by atoms with Gasteiger partial charge in [0.25, 0.3) is 0 Å². The van der Waals surface area contributed by atoms with E-state index in [1.165, 1.54) is 0 Å². The highest BCUT2D eigenvalue weighted by Crippen LogP contribution is 2.40. The second kappa shape index (κ2) is 3.00. The van der Waals surface area contributed by atoms with Crippen molar-refractivity contribution in [2.75, 3.05) is 0 Å². The maximum Gasteiger partial charge on any atom is 0.0697 e. The van der Waals surface area contributed by atoms with E-state index in [-0.39, 0.29) is 0 Å². The van der Waals surface area contributed by atoms with Gasteiger partial charge < -0.3 is 10.2 Å². The molecule has 0 aromatic heterocycles. The Bertz CT molecular complexity index is 165. The average Bonchev–Trinajstić information content (AvgIpc) is 1.97. The highest BCUT2D eigenvalue weighted by atomic mass is 16.3. The van der Waals surface area contributed by atoms with E-state index < -0.39 is 11.2 Å². The monoisotopic (exact) mass is 172 g/mol. The first-order chi connectivity index (χ1) is 5.40. The van der Waals surface area contributed by atoms with E-state index in [0.29, 0.717) is 12.3 Å². The lowest BCUT2D eigenvalue weighted by Crippen LogP contribution is -2.48. The zero-order valence-electron chi connectivity index (χ0n) is 8.30. The molecule has 0 saturated heterocycles. The summed E-state index contributed by atoms with van der Waals surface area (Å²) in [6.45, 7) is 5.87. The van der Waals surface area contributed by atoms with E-state index in [9.17, 15) is 10.2 Å². The summed E-state index contributed by atoms with van der Waals surface area (Å²) < 4.78 is 0. The molecular formula is C10H20O2. The van der Waals surface area contributed by atoms with Gasteiger partial charge in [-0.25, -0.2) is 0 Å². The fourth-order valence-corrected chi connectivity index (χ4v) is 2.19. The van der Waals surface area contributed by atoms with Crippen LogP contribution in [-0.2, 0) is 0 Å². The molecule has 72 valence electrons. The summed E-state index contributed by atoms with van der Waals surface area (Å²) in [4.78, 5) is 0. The Labute approximate surface area is 74.6 Å². The van der Waals surface area contributed by atoms with Crippen LogP contribution in [0.4, 0.5) is 0 Å². The van der Waals surface area contributed by atoms with Crippen molar-refractivity contribution in [2.24, 2.45) is 5.92 Å². The first-order valence-electron chi connectivity index (χ1n) is 4.84. The van der Waals surface area contributed by atoms with Crippen LogP contribution in [0.15, 0.2) is 0 Å².